The van der Waals surface area contributed by atoms with Crippen LogP contribution in [-0.4, -0.2) is 13.1 Å². The molecule has 0 aromatic heterocycles. The third-order valence-electron chi connectivity index (χ3n) is 5.08. The molecular weight excluding hydrogens is 402 g/mol. The van der Waals surface area contributed by atoms with Gasteiger partial charge in [0.2, 0.25) is 0 Å². The van der Waals surface area contributed by atoms with Gasteiger partial charge in [0.05, 0.1) is 29.4 Å². The number of anilines is 1. The average Bonchev–Trinajstić information content (AvgIpc) is 3.10. The number of benzene rings is 2. The van der Waals surface area contributed by atoms with Gasteiger partial charge in [-0.05, 0) is 47.7 Å². The van der Waals surface area contributed by atoms with Crippen molar-refractivity contribution in [2.75, 3.05) is 12.4 Å². The molecule has 1 aliphatic heterocycles. The summed E-state index contributed by atoms with van der Waals surface area (Å²) in [6.45, 7) is 0. The largest absolute Gasteiger partial charge is 0.465 e. The Bertz CT molecular complexity index is 880. The van der Waals surface area contributed by atoms with Gasteiger partial charge < -0.3 is 10.1 Å². The van der Waals surface area contributed by atoms with Crippen molar-refractivity contribution in [3.63, 3.8) is 0 Å². The minimum Gasteiger partial charge on any atom is -0.465 e. The van der Waals surface area contributed by atoms with Crippen LogP contribution >= 0.6 is 27.5 Å². The van der Waals surface area contributed by atoms with Crippen molar-refractivity contribution in [3.8, 4) is 0 Å². The van der Waals surface area contributed by atoms with Crippen molar-refractivity contribution in [2.24, 2.45) is 5.92 Å². The van der Waals surface area contributed by atoms with E-state index >= 15 is 0 Å². The number of carbonyl (C=O) groups excluding carboxylic acids is 1. The summed E-state index contributed by atoms with van der Waals surface area (Å²) in [7, 11) is 1.41. The Morgan fingerprint density at radius 1 is 1.32 bits per heavy atom. The van der Waals surface area contributed by atoms with Crippen molar-refractivity contribution in [1.29, 1.82) is 0 Å². The van der Waals surface area contributed by atoms with Gasteiger partial charge in [-0.25, -0.2) is 4.79 Å². The fraction of sp³-hybridized carbons (Fsp3) is 0.250. The van der Waals surface area contributed by atoms with E-state index in [2.05, 4.69) is 45.5 Å². The summed E-state index contributed by atoms with van der Waals surface area (Å²) in [5.74, 6) is 0.159. The highest BCUT2D eigenvalue weighted by Gasteiger charge is 2.41. The van der Waals surface area contributed by atoms with E-state index in [1.54, 1.807) is 12.1 Å². The SMILES string of the molecule is COC(=O)c1ccc(Cl)c2c1[C@@H]1C=CC[C@@H]1[C@H](c1cccc(Br)c1)N2. The van der Waals surface area contributed by atoms with Crippen molar-refractivity contribution in [1.82, 2.24) is 0 Å². The molecule has 0 bridgehead atoms. The van der Waals surface area contributed by atoms with Gasteiger partial charge in [0, 0.05) is 10.4 Å². The molecule has 3 atom stereocenters. The smallest absolute Gasteiger partial charge is 0.338 e. The number of carbonyl (C=O) groups is 1. The lowest BCUT2D eigenvalue weighted by molar-refractivity contribution is 0.0598. The van der Waals surface area contributed by atoms with Crippen LogP contribution in [0.2, 0.25) is 5.02 Å². The number of hydrogen-bond donors (Lipinski definition) is 1. The molecule has 0 saturated heterocycles. The Morgan fingerprint density at radius 3 is 2.92 bits per heavy atom. The molecule has 0 saturated carbocycles. The van der Waals surface area contributed by atoms with E-state index in [1.807, 2.05) is 12.1 Å². The zero-order valence-electron chi connectivity index (χ0n) is 13.6. The molecule has 2 aromatic rings. The number of fused-ring (bicyclic) bond motifs is 3. The van der Waals surface area contributed by atoms with Crippen LogP contribution in [0.3, 0.4) is 0 Å². The quantitative estimate of drug-likeness (QED) is 0.501. The highest BCUT2D eigenvalue weighted by atomic mass is 79.9. The molecule has 0 amide bonds. The fourth-order valence-corrected chi connectivity index (χ4v) is 4.63. The molecule has 2 aromatic carbocycles. The number of rotatable bonds is 2. The van der Waals surface area contributed by atoms with Crippen LogP contribution in [0.5, 0.6) is 0 Å². The first-order valence-corrected chi connectivity index (χ1v) is 9.36. The highest BCUT2D eigenvalue weighted by molar-refractivity contribution is 9.10. The lowest BCUT2D eigenvalue weighted by atomic mass is 9.75. The summed E-state index contributed by atoms with van der Waals surface area (Å²) >= 11 is 10.0. The highest BCUT2D eigenvalue weighted by Crippen LogP contribution is 2.52. The van der Waals surface area contributed by atoms with Crippen molar-refractivity contribution in [3.05, 3.63) is 74.7 Å². The maximum absolute atomic E-state index is 12.3. The Balaban J connectivity index is 1.87. The molecule has 0 fully saturated rings. The van der Waals surface area contributed by atoms with Gasteiger partial charge in [-0.15, -0.1) is 0 Å². The first-order valence-electron chi connectivity index (χ1n) is 8.19. The van der Waals surface area contributed by atoms with E-state index in [0.29, 0.717) is 16.5 Å². The first-order chi connectivity index (χ1) is 12.1. The van der Waals surface area contributed by atoms with Crippen molar-refractivity contribution < 1.29 is 9.53 Å². The molecule has 0 spiro atoms. The predicted molar refractivity (Wildman–Crippen MR) is 103 cm³/mol. The first kappa shape index (κ1) is 16.7. The molecule has 0 unspecified atom stereocenters. The second-order valence-corrected chi connectivity index (χ2v) is 7.73. The summed E-state index contributed by atoms with van der Waals surface area (Å²) in [5.41, 5.74) is 3.58. The maximum Gasteiger partial charge on any atom is 0.338 e. The minimum absolute atomic E-state index is 0.135. The Labute approximate surface area is 160 Å². The summed E-state index contributed by atoms with van der Waals surface area (Å²) in [6, 6.07) is 12.0. The van der Waals surface area contributed by atoms with Gasteiger partial charge in [-0.3, -0.25) is 0 Å². The summed E-state index contributed by atoms with van der Waals surface area (Å²) in [6.07, 6.45) is 5.35. The van der Waals surface area contributed by atoms with Crippen molar-refractivity contribution in [2.45, 2.75) is 18.4 Å². The number of hydrogen-bond acceptors (Lipinski definition) is 3. The fourth-order valence-electron chi connectivity index (χ4n) is 3.99. The molecule has 2 aliphatic rings. The predicted octanol–water partition coefficient (Wildman–Crippen LogP) is 5.72. The van der Waals surface area contributed by atoms with Crippen LogP contribution in [-0.2, 0) is 4.74 Å². The summed E-state index contributed by atoms with van der Waals surface area (Å²) in [5, 5.41) is 4.23. The van der Waals surface area contributed by atoms with Gasteiger partial charge in [0.15, 0.2) is 0 Å². The second kappa shape index (κ2) is 6.50. The number of halogens is 2. The normalized spacial score (nSPS) is 23.6. The Morgan fingerprint density at radius 2 is 2.16 bits per heavy atom. The minimum atomic E-state index is -0.324. The average molecular weight is 419 g/mol. The van der Waals surface area contributed by atoms with Gasteiger partial charge in [-0.2, -0.15) is 0 Å². The van der Waals surface area contributed by atoms with E-state index in [-0.39, 0.29) is 17.9 Å². The third kappa shape index (κ3) is 2.77. The van der Waals surface area contributed by atoms with Crippen LogP contribution in [0.15, 0.2) is 53.0 Å². The molecule has 3 nitrogen and oxygen atoms in total. The lowest BCUT2D eigenvalue weighted by Crippen LogP contribution is -2.30. The Hall–Kier alpha value is -1.78. The molecule has 128 valence electrons. The van der Waals surface area contributed by atoms with Gasteiger partial charge in [-0.1, -0.05) is 51.8 Å². The van der Waals surface area contributed by atoms with Crippen LogP contribution in [0, 0.1) is 5.92 Å². The van der Waals surface area contributed by atoms with Gasteiger partial charge >= 0.3 is 5.97 Å². The Kier molecular flexibility index (Phi) is 4.34. The molecule has 0 radical (unpaired) electrons. The number of nitrogens with one attached hydrogen (secondary N) is 1. The molecular formula is C20H17BrClNO2. The lowest BCUT2D eigenvalue weighted by Gasteiger charge is -2.38. The van der Waals surface area contributed by atoms with Gasteiger partial charge in [0.1, 0.15) is 0 Å². The number of ether oxygens (including phenoxy) is 1. The van der Waals surface area contributed by atoms with Crippen LogP contribution in [0.25, 0.3) is 0 Å². The van der Waals surface area contributed by atoms with Gasteiger partial charge in [0.25, 0.3) is 0 Å². The second-order valence-electron chi connectivity index (χ2n) is 6.41. The summed E-state index contributed by atoms with van der Waals surface area (Å²) in [4.78, 5) is 12.3. The number of esters is 1. The van der Waals surface area contributed by atoms with E-state index < -0.39 is 0 Å². The van der Waals surface area contributed by atoms with E-state index in [9.17, 15) is 4.79 Å². The zero-order chi connectivity index (χ0) is 17.6. The monoisotopic (exact) mass is 417 g/mol. The molecule has 5 heteroatoms. The van der Waals surface area contributed by atoms with E-state index in [1.165, 1.54) is 12.7 Å². The number of allylic oxidation sites excluding steroid dienone is 2. The van der Waals surface area contributed by atoms with Crippen LogP contribution in [0.4, 0.5) is 5.69 Å². The van der Waals surface area contributed by atoms with E-state index in [4.69, 9.17) is 16.3 Å². The van der Waals surface area contributed by atoms with E-state index in [0.717, 1.165) is 22.1 Å². The van der Waals surface area contributed by atoms with Crippen LogP contribution < -0.4 is 5.32 Å². The molecule has 1 heterocycles. The molecule has 4 rings (SSSR count). The third-order valence-corrected chi connectivity index (χ3v) is 5.89. The molecule has 1 N–H and O–H groups in total. The summed E-state index contributed by atoms with van der Waals surface area (Å²) < 4.78 is 6.03. The molecule has 25 heavy (non-hydrogen) atoms. The zero-order valence-corrected chi connectivity index (χ0v) is 16.0. The number of methoxy groups -OCH3 is 1. The maximum atomic E-state index is 12.3. The topological polar surface area (TPSA) is 38.3 Å². The molecule has 1 aliphatic carbocycles. The van der Waals surface area contributed by atoms with Crippen molar-refractivity contribution >= 4 is 39.2 Å². The van der Waals surface area contributed by atoms with Crippen LogP contribution in [0.1, 0.15) is 39.9 Å². The standard InChI is InChI=1S/C20H17BrClNO2/c1-25-20(24)15-8-9-16(22)19-17(15)13-6-3-7-14(13)18(23-19)11-4-2-5-12(21)10-11/h2-6,8-10,13-14,18,23H,7H2,1H3/t13-,14+,18+/m1/s1.